The van der Waals surface area contributed by atoms with E-state index >= 15 is 0 Å². The van der Waals surface area contributed by atoms with Gasteiger partial charge in [0.05, 0.1) is 42.2 Å². The Balaban J connectivity index is 1.18. The fraction of sp³-hybridized carbons (Fsp3) is 0.448. The Morgan fingerprint density at radius 1 is 1.03 bits per heavy atom. The number of nitrogens with zero attached hydrogens (tertiary/aromatic N) is 6. The van der Waals surface area contributed by atoms with Crippen molar-refractivity contribution in [1.29, 1.82) is 0 Å². The van der Waals surface area contributed by atoms with E-state index in [1.54, 1.807) is 17.3 Å². The largest absolute Gasteiger partial charge is 0.444 e. The predicted molar refractivity (Wildman–Crippen MR) is 145 cm³/mol. The molecule has 9 nitrogen and oxygen atoms in total. The van der Waals surface area contributed by atoms with E-state index in [4.69, 9.17) is 19.7 Å². The highest BCUT2D eigenvalue weighted by molar-refractivity contribution is 6.14. The Morgan fingerprint density at radius 3 is 2.66 bits per heavy atom. The molecule has 3 aromatic rings. The van der Waals surface area contributed by atoms with Crippen LogP contribution >= 0.6 is 0 Å². The summed E-state index contributed by atoms with van der Waals surface area (Å²) >= 11 is 0. The zero-order valence-corrected chi connectivity index (χ0v) is 22.1. The maximum Gasteiger partial charge on any atom is 0.410 e. The SMILES string of the molecule is CC(C)(C)OC(=O)N1CCCC(Nc2cncc(C3=NCc4ccc(-c5cncc(C6CC6)n5)cc43)n2)C1. The van der Waals surface area contributed by atoms with Crippen molar-refractivity contribution in [2.75, 3.05) is 18.4 Å². The van der Waals surface area contributed by atoms with E-state index in [9.17, 15) is 4.79 Å². The molecule has 0 radical (unpaired) electrons. The third kappa shape index (κ3) is 5.37. The van der Waals surface area contributed by atoms with Gasteiger partial charge in [-0.05, 0) is 58.1 Å². The van der Waals surface area contributed by atoms with Crippen molar-refractivity contribution in [3.63, 3.8) is 0 Å². The summed E-state index contributed by atoms with van der Waals surface area (Å²) in [5, 5.41) is 3.48. The number of aromatic nitrogens is 4. The van der Waals surface area contributed by atoms with E-state index in [0.29, 0.717) is 31.4 Å². The van der Waals surface area contributed by atoms with Crippen LogP contribution in [0.5, 0.6) is 0 Å². The molecule has 1 saturated carbocycles. The molecule has 6 rings (SSSR count). The predicted octanol–water partition coefficient (Wildman–Crippen LogP) is 4.97. The van der Waals surface area contributed by atoms with Gasteiger partial charge in [-0.2, -0.15) is 0 Å². The number of anilines is 1. The van der Waals surface area contributed by atoms with Gasteiger partial charge in [0.25, 0.3) is 0 Å². The number of aliphatic imine (C=N–C) groups is 1. The van der Waals surface area contributed by atoms with Crippen molar-refractivity contribution < 1.29 is 9.53 Å². The summed E-state index contributed by atoms with van der Waals surface area (Å²) in [6.45, 7) is 7.54. The quantitative estimate of drug-likeness (QED) is 0.515. The zero-order valence-electron chi connectivity index (χ0n) is 22.1. The average molecular weight is 512 g/mol. The van der Waals surface area contributed by atoms with Crippen LogP contribution in [0.4, 0.5) is 10.6 Å². The van der Waals surface area contributed by atoms with Gasteiger partial charge in [-0.3, -0.25) is 15.0 Å². The summed E-state index contributed by atoms with van der Waals surface area (Å²) in [5.41, 5.74) is 6.26. The highest BCUT2D eigenvalue weighted by atomic mass is 16.6. The molecule has 9 heteroatoms. The topological polar surface area (TPSA) is 105 Å². The molecule has 1 aromatic carbocycles. The Hall–Kier alpha value is -3.88. The monoisotopic (exact) mass is 511 g/mol. The first-order valence-electron chi connectivity index (χ1n) is 13.4. The van der Waals surface area contributed by atoms with E-state index in [1.165, 1.54) is 12.8 Å². The molecule has 2 fully saturated rings. The second-order valence-corrected chi connectivity index (χ2v) is 11.3. The fourth-order valence-electron chi connectivity index (χ4n) is 5.00. The minimum atomic E-state index is -0.512. The molecule has 1 atom stereocenters. The molecular weight excluding hydrogens is 478 g/mol. The van der Waals surface area contributed by atoms with E-state index in [-0.39, 0.29) is 12.1 Å². The second-order valence-electron chi connectivity index (χ2n) is 11.3. The molecular formula is C29H33N7O2. The Morgan fingerprint density at radius 2 is 1.84 bits per heavy atom. The molecule has 2 aliphatic heterocycles. The van der Waals surface area contributed by atoms with Gasteiger partial charge < -0.3 is 15.0 Å². The van der Waals surface area contributed by atoms with Gasteiger partial charge in [-0.25, -0.2) is 14.8 Å². The van der Waals surface area contributed by atoms with Crippen LogP contribution < -0.4 is 5.32 Å². The minimum absolute atomic E-state index is 0.0718. The lowest BCUT2D eigenvalue weighted by Gasteiger charge is -2.34. The molecule has 1 unspecified atom stereocenters. The van der Waals surface area contributed by atoms with Crippen LogP contribution in [0.1, 0.15) is 74.9 Å². The van der Waals surface area contributed by atoms with Crippen LogP contribution in [0.2, 0.25) is 0 Å². The lowest BCUT2D eigenvalue weighted by molar-refractivity contribution is 0.0206. The fourth-order valence-corrected chi connectivity index (χ4v) is 5.00. The number of piperidine rings is 1. The highest BCUT2D eigenvalue weighted by Gasteiger charge is 2.29. The van der Waals surface area contributed by atoms with Gasteiger partial charge >= 0.3 is 6.09 Å². The molecule has 1 amide bonds. The molecule has 0 spiro atoms. The van der Waals surface area contributed by atoms with Crippen LogP contribution in [0.25, 0.3) is 11.3 Å². The Bertz CT molecular complexity index is 1390. The number of ether oxygens (including phenoxy) is 1. The maximum atomic E-state index is 12.6. The number of carbonyl (C=O) groups excluding carboxylic acids is 1. The molecule has 3 aliphatic rings. The molecule has 0 bridgehead atoms. The first-order valence-corrected chi connectivity index (χ1v) is 13.4. The number of fused-ring (bicyclic) bond motifs is 1. The smallest absolute Gasteiger partial charge is 0.410 e. The second kappa shape index (κ2) is 9.78. The van der Waals surface area contributed by atoms with Crippen LogP contribution in [-0.2, 0) is 11.3 Å². The molecule has 1 aliphatic carbocycles. The van der Waals surface area contributed by atoms with Crippen molar-refractivity contribution in [1.82, 2.24) is 24.8 Å². The summed E-state index contributed by atoms with van der Waals surface area (Å²) in [6.07, 6.45) is 11.2. The molecule has 196 valence electrons. The standard InChI is InChI=1S/C29H33N7O2/c1-29(2,3)38-28(37)36-10-4-5-21(17-36)33-26-16-31-15-25(35-26)27-22-11-19(8-9-20(22)12-32-27)24-14-30-13-23(34-24)18-6-7-18/h8-9,11,13-16,18,21H,4-7,10,12,17H2,1-3H3,(H,33,35). The summed E-state index contributed by atoms with van der Waals surface area (Å²) in [7, 11) is 0. The number of hydrogen-bond acceptors (Lipinski definition) is 8. The van der Waals surface area contributed by atoms with Crippen LogP contribution in [0, 0.1) is 0 Å². The van der Waals surface area contributed by atoms with Gasteiger partial charge in [0.15, 0.2) is 0 Å². The normalized spacial score (nSPS) is 19.1. The highest BCUT2D eigenvalue weighted by Crippen LogP contribution is 2.39. The number of benzene rings is 1. The first-order chi connectivity index (χ1) is 18.3. The van der Waals surface area contributed by atoms with Gasteiger partial charge in [0.1, 0.15) is 17.1 Å². The average Bonchev–Trinajstić information content (AvgIpc) is 3.67. The van der Waals surface area contributed by atoms with Crippen molar-refractivity contribution in [3.05, 3.63) is 65.5 Å². The van der Waals surface area contributed by atoms with Crippen molar-refractivity contribution >= 4 is 17.6 Å². The van der Waals surface area contributed by atoms with Crippen molar-refractivity contribution in [2.24, 2.45) is 4.99 Å². The molecule has 38 heavy (non-hydrogen) atoms. The van der Waals surface area contributed by atoms with Crippen LogP contribution in [-0.4, -0.2) is 61.4 Å². The van der Waals surface area contributed by atoms with E-state index in [1.807, 2.05) is 33.2 Å². The van der Waals surface area contributed by atoms with Crippen molar-refractivity contribution in [2.45, 2.75) is 70.6 Å². The lowest BCUT2D eigenvalue weighted by Crippen LogP contribution is -2.47. The molecule has 1 N–H and O–H groups in total. The number of rotatable bonds is 5. The summed E-state index contributed by atoms with van der Waals surface area (Å²) in [4.78, 5) is 37.8. The summed E-state index contributed by atoms with van der Waals surface area (Å²) in [5.74, 6) is 1.23. The molecule has 4 heterocycles. The van der Waals surface area contributed by atoms with Gasteiger partial charge in [0.2, 0.25) is 0 Å². The van der Waals surface area contributed by atoms with E-state index in [0.717, 1.165) is 52.3 Å². The first kappa shape index (κ1) is 24.5. The number of amides is 1. The third-order valence-corrected chi connectivity index (χ3v) is 7.02. The van der Waals surface area contributed by atoms with Gasteiger partial charge in [-0.1, -0.05) is 12.1 Å². The third-order valence-electron chi connectivity index (χ3n) is 7.02. The maximum absolute atomic E-state index is 12.6. The van der Waals surface area contributed by atoms with E-state index < -0.39 is 5.60 Å². The number of likely N-dealkylation sites (tertiary alicyclic amines) is 1. The summed E-state index contributed by atoms with van der Waals surface area (Å²) in [6, 6.07) is 6.43. The minimum Gasteiger partial charge on any atom is -0.444 e. The van der Waals surface area contributed by atoms with Gasteiger partial charge in [0, 0.05) is 42.4 Å². The molecule has 1 saturated heterocycles. The van der Waals surface area contributed by atoms with Crippen LogP contribution in [0.3, 0.4) is 0 Å². The summed E-state index contributed by atoms with van der Waals surface area (Å²) < 4.78 is 5.57. The zero-order chi connectivity index (χ0) is 26.3. The Labute approximate surface area is 222 Å². The molecule has 2 aromatic heterocycles. The number of carbonyl (C=O) groups is 1. The van der Waals surface area contributed by atoms with E-state index in [2.05, 4.69) is 33.5 Å². The number of hydrogen-bond donors (Lipinski definition) is 1. The lowest BCUT2D eigenvalue weighted by atomic mass is 9.99. The van der Waals surface area contributed by atoms with Crippen LogP contribution in [0.15, 0.2) is 48.0 Å². The Kier molecular flexibility index (Phi) is 6.29. The van der Waals surface area contributed by atoms with Gasteiger partial charge in [-0.15, -0.1) is 0 Å². The number of nitrogens with one attached hydrogen (secondary N) is 1. The van der Waals surface area contributed by atoms with Crippen molar-refractivity contribution in [3.8, 4) is 11.3 Å².